The van der Waals surface area contributed by atoms with Gasteiger partial charge in [-0.1, -0.05) is 158 Å². The van der Waals surface area contributed by atoms with E-state index in [9.17, 15) is 0 Å². The van der Waals surface area contributed by atoms with E-state index in [2.05, 4.69) is 179 Å². The molecule has 0 fully saturated rings. The summed E-state index contributed by atoms with van der Waals surface area (Å²) in [6, 6.07) is 61.3. The van der Waals surface area contributed by atoms with Crippen molar-refractivity contribution in [2.45, 2.75) is 69.6 Å². The van der Waals surface area contributed by atoms with Gasteiger partial charge >= 0.3 is 49.3 Å². The zero-order chi connectivity index (χ0) is 52.9. The Morgan fingerprint density at radius 2 is 0.787 bits per heavy atom. The van der Waals surface area contributed by atoms with E-state index in [0.29, 0.717) is 0 Å². The predicted molar refractivity (Wildman–Crippen MR) is 310 cm³/mol. The molecule has 0 amide bonds. The van der Waals surface area contributed by atoms with Crippen LogP contribution in [-0.4, -0.2) is 30.1 Å². The van der Waals surface area contributed by atoms with Gasteiger partial charge in [0, 0.05) is 60.0 Å². The summed E-state index contributed by atoms with van der Waals surface area (Å²) in [6.45, 7) is 0. The van der Waals surface area contributed by atoms with Gasteiger partial charge < -0.3 is 26.8 Å². The van der Waals surface area contributed by atoms with E-state index < -0.39 is 10.8 Å². The van der Waals surface area contributed by atoms with Gasteiger partial charge in [0.15, 0.2) is 0 Å². The first kappa shape index (κ1) is 55.7. The fraction of sp³-hybridized carbons (Fsp3) is 0.159. The van der Waals surface area contributed by atoms with Crippen LogP contribution >= 0.6 is 9.42 Å². The monoisotopic (exact) mass is 1420 g/mol. The first-order valence-corrected chi connectivity index (χ1v) is 29.2. The Morgan fingerprint density at radius 1 is 0.425 bits per heavy atom. The molecule has 0 spiro atoms. The maximum Gasteiger partial charge on any atom is 2.00 e. The number of halogens is 1. The predicted octanol–water partition coefficient (Wildman–Crippen LogP) is 14.4. The molecule has 0 saturated heterocycles. The maximum atomic E-state index is 6.69. The molecule has 15 rings (SSSR count). The summed E-state index contributed by atoms with van der Waals surface area (Å²) in [5.74, 6) is 2.28. The van der Waals surface area contributed by atoms with Crippen molar-refractivity contribution in [3.63, 3.8) is 0 Å². The number of aromatic nitrogens is 8. The van der Waals surface area contributed by atoms with Gasteiger partial charge in [-0.15, -0.1) is 17.7 Å². The zero-order valence-corrected chi connectivity index (χ0v) is 48.3. The van der Waals surface area contributed by atoms with E-state index in [1.54, 1.807) is 18.8 Å². The summed E-state index contributed by atoms with van der Waals surface area (Å²) >= 11 is 1.61. The number of hydrogen-bond acceptors (Lipinski definition) is 6. The number of rotatable bonds is 6. The van der Waals surface area contributed by atoms with Crippen LogP contribution in [0, 0.1) is 12.3 Å². The minimum absolute atomic E-state index is 0. The van der Waals surface area contributed by atoms with E-state index in [4.69, 9.17) is 16.4 Å². The SMILES string of the molecule is C.[C-]#Cc1ccccc1.[Cl][Pt+].[Pt+2].c1cncc(C2(c3ccc(-c4[n-]nc5c4CCCC5)nc3)c3ccccc3-c3ccccc32)c1.c1cncc(C2(c3ccc(-c4[n-]nc5c4CCCC5)nc3)c3ccccc3-c3ccccc32)c1. The van der Waals surface area contributed by atoms with E-state index in [-0.39, 0.29) is 28.5 Å². The molecular formula is C69H55ClN8Pt2. The molecule has 0 N–H and O–H groups in total. The van der Waals surface area contributed by atoms with E-state index in [1.165, 1.54) is 81.3 Å². The van der Waals surface area contributed by atoms with Gasteiger partial charge in [0.1, 0.15) is 0 Å². The first-order chi connectivity index (χ1) is 38.7. The van der Waals surface area contributed by atoms with Gasteiger partial charge in [-0.25, -0.2) is 0 Å². The van der Waals surface area contributed by atoms with Gasteiger partial charge in [0.25, 0.3) is 0 Å². The smallest absolute Gasteiger partial charge is 0.573 e. The van der Waals surface area contributed by atoms with Crippen LogP contribution < -0.4 is 10.2 Å². The molecule has 4 aliphatic rings. The average Bonchev–Trinajstić information content (AvgIpc) is 4.42. The van der Waals surface area contributed by atoms with Crippen molar-refractivity contribution in [2.24, 2.45) is 0 Å². The fourth-order valence-corrected chi connectivity index (χ4v) is 12.5. The van der Waals surface area contributed by atoms with Crippen LogP contribution in [0.3, 0.4) is 0 Å². The molecule has 80 heavy (non-hydrogen) atoms. The van der Waals surface area contributed by atoms with Crippen LogP contribution in [0.25, 0.3) is 45.0 Å². The van der Waals surface area contributed by atoms with Gasteiger partial charge in [0.05, 0.1) is 10.8 Å². The molecular weight excluding hydrogens is 1370 g/mol. The summed E-state index contributed by atoms with van der Waals surface area (Å²) in [4.78, 5) is 19.0. The Labute approximate surface area is 498 Å². The summed E-state index contributed by atoms with van der Waals surface area (Å²) in [5.41, 5.74) is 23.2. The number of benzene rings is 5. The topological polar surface area (TPSA) is 106 Å². The van der Waals surface area contributed by atoms with E-state index in [0.717, 1.165) is 87.7 Å². The standard InChI is InChI=1S/2C30H23N4.C8H5.CH4.ClH.2Pt/c2*1-4-12-25-22(9-1)23-10-2-5-13-26(23)30(25,20-8-7-17-31-18-20)21-15-16-28(32-19-21)29-24-11-3-6-14-27(24)33-34-29;1-2-8-6-4-3-5-7-8;;;;/h2*1-2,4-5,7-10,12-13,15-19H,3,6,11,14H2;3-7H;1H4;1H;;/q3*-1;;;2*+2/p-1. The molecule has 0 aliphatic heterocycles. The molecule has 0 bridgehead atoms. The van der Waals surface area contributed by atoms with Gasteiger partial charge in [0.2, 0.25) is 0 Å². The Balaban J connectivity index is 0.000000151. The summed E-state index contributed by atoms with van der Waals surface area (Å²) in [7, 11) is 4.61. The molecule has 8 nitrogen and oxygen atoms in total. The number of fused-ring (bicyclic) bond motifs is 8. The molecule has 0 atom stereocenters. The van der Waals surface area contributed by atoms with E-state index in [1.807, 2.05) is 79.6 Å². The molecule has 6 aromatic heterocycles. The van der Waals surface area contributed by atoms with Crippen molar-refractivity contribution in [3.8, 4) is 50.9 Å². The number of hydrogen-bond donors (Lipinski definition) is 0. The first-order valence-electron chi connectivity index (χ1n) is 26.4. The minimum atomic E-state index is -0.468. The second-order valence-electron chi connectivity index (χ2n) is 19.9. The van der Waals surface area contributed by atoms with Crippen LogP contribution in [0.2, 0.25) is 0 Å². The minimum Gasteiger partial charge on any atom is -0.573 e. The van der Waals surface area contributed by atoms with Gasteiger partial charge in [-0.2, -0.15) is 0 Å². The summed E-state index contributed by atoms with van der Waals surface area (Å²) < 4.78 is 0. The second-order valence-corrected chi connectivity index (χ2v) is 19.9. The van der Waals surface area contributed by atoms with Crippen molar-refractivity contribution >= 4 is 9.42 Å². The quantitative estimate of drug-likeness (QED) is 0.120. The molecule has 4 aliphatic carbocycles. The Hall–Kier alpha value is -7.65. The van der Waals surface area contributed by atoms with Crippen LogP contribution in [0.4, 0.5) is 0 Å². The van der Waals surface area contributed by atoms with Crippen LogP contribution in [-0.2, 0) is 76.4 Å². The third-order valence-corrected chi connectivity index (χ3v) is 15.9. The molecule has 11 heteroatoms. The molecule has 0 unspecified atom stereocenters. The fourth-order valence-electron chi connectivity index (χ4n) is 12.5. The van der Waals surface area contributed by atoms with Crippen molar-refractivity contribution in [1.82, 2.24) is 40.3 Å². The molecule has 6 heterocycles. The van der Waals surface area contributed by atoms with Crippen molar-refractivity contribution < 1.29 is 39.8 Å². The second kappa shape index (κ2) is 24.8. The third kappa shape index (κ3) is 9.74. The van der Waals surface area contributed by atoms with Crippen LogP contribution in [0.1, 0.15) is 106 Å². The largest absolute Gasteiger partial charge is 2.00 e. The Kier molecular flexibility index (Phi) is 17.2. The Morgan fingerprint density at radius 3 is 1.12 bits per heavy atom. The Bertz CT molecular complexity index is 3590. The third-order valence-electron chi connectivity index (χ3n) is 15.9. The zero-order valence-electron chi connectivity index (χ0n) is 43.0. The number of pyridine rings is 4. The van der Waals surface area contributed by atoms with Gasteiger partial charge in [-0.05, 0) is 154 Å². The molecule has 0 saturated carbocycles. The van der Waals surface area contributed by atoms with Gasteiger partial charge in [-0.3, -0.25) is 25.9 Å². The number of aryl methyl sites for hydroxylation is 2. The normalized spacial score (nSPS) is 14.0. The molecule has 0 radical (unpaired) electrons. The molecule has 5 aromatic carbocycles. The molecule has 398 valence electrons. The van der Waals surface area contributed by atoms with Crippen molar-refractivity contribution in [3.05, 3.63) is 292 Å². The van der Waals surface area contributed by atoms with Crippen molar-refractivity contribution in [1.29, 1.82) is 0 Å². The van der Waals surface area contributed by atoms with E-state index >= 15 is 0 Å². The van der Waals surface area contributed by atoms with Crippen molar-refractivity contribution in [2.75, 3.05) is 0 Å². The molecule has 11 aromatic rings. The van der Waals surface area contributed by atoms with Crippen LogP contribution in [0.15, 0.2) is 213 Å². The maximum absolute atomic E-state index is 6.69. The van der Waals surface area contributed by atoms with Crippen LogP contribution in [0.5, 0.6) is 0 Å². The number of nitrogens with zero attached hydrogens (tertiary/aromatic N) is 8. The summed E-state index contributed by atoms with van der Waals surface area (Å²) in [6.07, 6.45) is 27.3. The average molecular weight is 1420 g/mol. The summed E-state index contributed by atoms with van der Waals surface area (Å²) in [5, 5.41) is 18.0.